The van der Waals surface area contributed by atoms with E-state index in [0.717, 1.165) is 36.5 Å². The Balaban J connectivity index is 0.00000442. The van der Waals surface area contributed by atoms with Crippen LogP contribution in [-0.4, -0.2) is 85.6 Å². The maximum atomic E-state index is 13.6. The molecule has 3 aromatic rings. The average molecular weight is 653 g/mol. The molecule has 11 nitrogen and oxygen atoms in total. The molecule has 5 rings (SSSR count). The highest BCUT2D eigenvalue weighted by molar-refractivity contribution is 6.34. The zero-order chi connectivity index (χ0) is 30.9. The van der Waals surface area contributed by atoms with Gasteiger partial charge in [0.25, 0.3) is 11.8 Å². The van der Waals surface area contributed by atoms with Crippen molar-refractivity contribution < 1.29 is 27.6 Å². The van der Waals surface area contributed by atoms with E-state index < -0.39 is 17.8 Å². The van der Waals surface area contributed by atoms with Gasteiger partial charge >= 0.3 is 6.18 Å². The smallest absolute Gasteiger partial charge is 0.338 e. The number of aromatic nitrogens is 4. The Morgan fingerprint density at radius 1 is 1.18 bits per heavy atom. The van der Waals surface area contributed by atoms with Crippen molar-refractivity contribution in [1.82, 2.24) is 34.4 Å². The normalized spacial score (nSPS) is 16.8. The Morgan fingerprint density at radius 2 is 1.89 bits per heavy atom. The Morgan fingerprint density at radius 3 is 2.50 bits per heavy atom. The molecule has 16 heteroatoms. The number of amides is 3. The van der Waals surface area contributed by atoms with E-state index in [9.17, 15) is 27.6 Å². The maximum Gasteiger partial charge on any atom is 0.435 e. The first-order valence-electron chi connectivity index (χ1n) is 13.5. The molecule has 0 unspecified atom stereocenters. The van der Waals surface area contributed by atoms with Gasteiger partial charge in [0, 0.05) is 45.1 Å². The van der Waals surface area contributed by atoms with E-state index >= 15 is 0 Å². The predicted octanol–water partition coefficient (Wildman–Crippen LogP) is 3.30. The van der Waals surface area contributed by atoms with Gasteiger partial charge in [0.15, 0.2) is 11.5 Å². The molecule has 0 bridgehead atoms. The number of hydrogen-bond donors (Lipinski definition) is 2. The van der Waals surface area contributed by atoms with Crippen molar-refractivity contribution in [3.05, 3.63) is 52.7 Å². The number of carbonyl (C=O) groups is 3. The van der Waals surface area contributed by atoms with Crippen LogP contribution in [0.25, 0.3) is 11.3 Å². The van der Waals surface area contributed by atoms with Crippen molar-refractivity contribution >= 4 is 47.4 Å². The zero-order valence-electron chi connectivity index (χ0n) is 23.5. The molecule has 2 N–H and O–H groups in total. The molecule has 234 valence electrons. The Kier molecular flexibility index (Phi) is 9.92. The molecule has 1 aromatic carbocycles. The number of nitrogens with one attached hydrogen (secondary N) is 2. The van der Waals surface area contributed by atoms with E-state index in [1.54, 1.807) is 9.80 Å². The second kappa shape index (κ2) is 13.3. The van der Waals surface area contributed by atoms with Gasteiger partial charge < -0.3 is 25.0 Å². The number of terminal acetylenes is 1. The predicted molar refractivity (Wildman–Crippen MR) is 158 cm³/mol. The van der Waals surface area contributed by atoms with Crippen molar-refractivity contribution in [1.29, 1.82) is 0 Å². The first kappa shape index (κ1) is 32.8. The maximum absolute atomic E-state index is 13.6. The van der Waals surface area contributed by atoms with Crippen LogP contribution < -0.4 is 10.6 Å². The molecule has 4 heterocycles. The number of rotatable bonds is 6. The third-order valence-corrected chi connectivity index (χ3v) is 7.76. The van der Waals surface area contributed by atoms with Crippen LogP contribution in [0.2, 0.25) is 5.02 Å². The third-order valence-electron chi connectivity index (χ3n) is 7.45. The molecule has 2 aliphatic heterocycles. The number of nitrogens with zero attached hydrogens (tertiary/aromatic N) is 6. The highest BCUT2D eigenvalue weighted by Gasteiger charge is 2.38. The summed E-state index contributed by atoms with van der Waals surface area (Å²) in [5, 5.41) is 9.46. The van der Waals surface area contributed by atoms with Crippen LogP contribution in [0.1, 0.15) is 39.5 Å². The van der Waals surface area contributed by atoms with Crippen LogP contribution in [0.15, 0.2) is 30.6 Å². The van der Waals surface area contributed by atoms with Gasteiger partial charge in [0.05, 0.1) is 34.1 Å². The molecule has 2 aliphatic rings. The number of halogens is 5. The minimum absolute atomic E-state index is 0. The van der Waals surface area contributed by atoms with Gasteiger partial charge in [-0.1, -0.05) is 17.5 Å². The Labute approximate surface area is 262 Å². The van der Waals surface area contributed by atoms with Crippen LogP contribution in [0, 0.1) is 12.3 Å². The lowest BCUT2D eigenvalue weighted by atomic mass is 10.1. The Hall–Kier alpha value is -4.06. The van der Waals surface area contributed by atoms with Gasteiger partial charge in [-0.15, -0.1) is 18.8 Å². The molecule has 44 heavy (non-hydrogen) atoms. The molecule has 0 saturated carbocycles. The molecule has 2 fully saturated rings. The molecule has 0 aliphatic carbocycles. The largest absolute Gasteiger partial charge is 0.435 e. The van der Waals surface area contributed by atoms with Crippen molar-refractivity contribution in [3.63, 3.8) is 0 Å². The van der Waals surface area contributed by atoms with Crippen LogP contribution in [0.4, 0.5) is 18.9 Å². The van der Waals surface area contributed by atoms with E-state index in [1.165, 1.54) is 29.8 Å². The van der Waals surface area contributed by atoms with Crippen molar-refractivity contribution in [2.45, 2.75) is 31.6 Å². The van der Waals surface area contributed by atoms with Crippen molar-refractivity contribution in [2.75, 3.05) is 38.0 Å². The van der Waals surface area contributed by atoms with Crippen LogP contribution in [0.3, 0.4) is 0 Å². The van der Waals surface area contributed by atoms with Crippen LogP contribution in [0.5, 0.6) is 0 Å². The molecule has 0 spiro atoms. The van der Waals surface area contributed by atoms with Crippen LogP contribution in [-0.2, 0) is 24.6 Å². The molecular weight excluding hydrogens is 624 g/mol. The number of hydrogen-bond acceptors (Lipinski definition) is 6. The highest BCUT2D eigenvalue weighted by atomic mass is 35.5. The van der Waals surface area contributed by atoms with Crippen LogP contribution >= 0.6 is 24.0 Å². The number of alkyl halides is 3. The summed E-state index contributed by atoms with van der Waals surface area (Å²) in [4.78, 5) is 46.2. The lowest BCUT2D eigenvalue weighted by molar-refractivity contribution is -0.141. The van der Waals surface area contributed by atoms with Gasteiger partial charge in [-0.25, -0.2) is 4.98 Å². The quantitative estimate of drug-likeness (QED) is 0.395. The second-order valence-electron chi connectivity index (χ2n) is 10.2. The molecule has 0 radical (unpaired) electrons. The fourth-order valence-corrected chi connectivity index (χ4v) is 5.49. The highest BCUT2D eigenvalue weighted by Crippen LogP contribution is 2.36. The fourth-order valence-electron chi connectivity index (χ4n) is 5.23. The Bertz CT molecular complexity index is 1600. The van der Waals surface area contributed by atoms with Gasteiger partial charge in [-0.3, -0.25) is 19.1 Å². The van der Waals surface area contributed by atoms with Gasteiger partial charge in [-0.2, -0.15) is 18.3 Å². The SMILES string of the molecule is C#CCn1cc(-c2cnc(C(=O)Nc3ccc(C(=O)N4CCN(C(=O)[C@H]5CCCN5)CC4)c(Cl)c3)n2C)c(C(F)(F)F)n1.Cl. The van der Waals surface area contributed by atoms with Gasteiger partial charge in [0.2, 0.25) is 5.91 Å². The lowest BCUT2D eigenvalue weighted by Crippen LogP contribution is -2.54. The van der Waals surface area contributed by atoms with E-state index in [2.05, 4.69) is 26.6 Å². The summed E-state index contributed by atoms with van der Waals surface area (Å²) in [6, 6.07) is 4.23. The topological polar surface area (TPSA) is 117 Å². The number of piperazine rings is 1. The number of anilines is 1. The number of imidazole rings is 1. The molecule has 2 aromatic heterocycles. The summed E-state index contributed by atoms with van der Waals surface area (Å²) >= 11 is 6.42. The molecule has 2 saturated heterocycles. The zero-order valence-corrected chi connectivity index (χ0v) is 25.1. The van der Waals surface area contributed by atoms with Crippen molar-refractivity contribution in [3.8, 4) is 23.6 Å². The summed E-state index contributed by atoms with van der Waals surface area (Å²) in [5.74, 6) is 1.13. The lowest BCUT2D eigenvalue weighted by Gasteiger charge is -2.36. The first-order chi connectivity index (χ1) is 20.5. The van der Waals surface area contributed by atoms with Crippen molar-refractivity contribution in [2.24, 2.45) is 7.05 Å². The molecular formula is C28H29Cl2F3N8O3. The number of carbonyl (C=O) groups excluding carboxylic acids is 3. The van der Waals surface area contributed by atoms with E-state index in [1.807, 2.05) is 0 Å². The fraction of sp³-hybridized carbons (Fsp3) is 0.393. The van der Waals surface area contributed by atoms with E-state index in [4.69, 9.17) is 18.0 Å². The average Bonchev–Trinajstić information content (AvgIpc) is 3.73. The monoisotopic (exact) mass is 652 g/mol. The minimum atomic E-state index is -4.75. The first-order valence-corrected chi connectivity index (χ1v) is 13.9. The van der Waals surface area contributed by atoms with E-state index in [-0.39, 0.29) is 70.2 Å². The number of benzene rings is 1. The van der Waals surface area contributed by atoms with Gasteiger partial charge in [0.1, 0.15) is 6.54 Å². The standard InChI is InChI=1S/C28H28ClF3N8O3.ClH/c1-3-9-40-16-19(23(36-40)28(30,31)32)22-15-34-24(37(22)2)25(41)35-17-6-7-18(20(29)14-17)26(42)38-10-12-39(13-11-38)27(43)21-5-4-8-33-21;/h1,6-7,14-16,21,33H,4-5,8-13H2,2H3,(H,35,41);1H/t21-;/m1./s1. The van der Waals surface area contributed by atoms with Gasteiger partial charge in [-0.05, 0) is 37.6 Å². The summed E-state index contributed by atoms with van der Waals surface area (Å²) in [5.41, 5.74) is -0.916. The minimum Gasteiger partial charge on any atom is -0.338 e. The summed E-state index contributed by atoms with van der Waals surface area (Å²) in [6.45, 7) is 2.25. The second-order valence-corrected chi connectivity index (χ2v) is 10.6. The molecule has 1 atom stereocenters. The van der Waals surface area contributed by atoms with E-state index in [0.29, 0.717) is 26.2 Å². The summed E-state index contributed by atoms with van der Waals surface area (Å²) in [7, 11) is 1.41. The summed E-state index contributed by atoms with van der Waals surface area (Å²) in [6.07, 6.45) is 4.54. The summed E-state index contributed by atoms with van der Waals surface area (Å²) < 4.78 is 43.1. The third kappa shape index (κ3) is 6.69. The molecule has 3 amide bonds.